The lowest BCUT2D eigenvalue weighted by atomic mass is 9.40. The number of fused-ring (bicyclic) bond motifs is 5. The van der Waals surface area contributed by atoms with E-state index in [9.17, 15) is 45.6 Å². The minimum Gasteiger partial charge on any atom is -0.458 e. The quantitative estimate of drug-likeness (QED) is 0.140. The Labute approximate surface area is 238 Å². The lowest BCUT2D eigenvalue weighted by Crippen LogP contribution is -2.76. The number of rotatable bonds is 4. The molecule has 4 aliphatic carbocycles. The number of cyclic esters (lactones) is 1. The van der Waals surface area contributed by atoms with Gasteiger partial charge in [0.05, 0.1) is 47.6 Å². The SMILES string of the molecule is C[C@H]1O[C@@H](O[C@H]2CC(O)[C@]3(CO)[C@H]4[C@H](O)C[C@]5(C)[C@@H](C6=CC(=O)OC6)CC[C@]5(O)[C@@H]4CC[C@]3(O)C2)[C@H](O)[C@H](O)[C@H]1O. The van der Waals surface area contributed by atoms with Crippen molar-refractivity contribution < 1.29 is 59.9 Å². The number of carbonyl (C=O) groups excluding carboxylic acids is 1. The van der Waals surface area contributed by atoms with Crippen LogP contribution in [-0.4, -0.2) is 120 Å². The summed E-state index contributed by atoms with van der Waals surface area (Å²) in [5.74, 6) is -1.93. The second kappa shape index (κ2) is 9.91. The Bertz CT molecular complexity index is 1080. The van der Waals surface area contributed by atoms with Gasteiger partial charge in [0.2, 0.25) is 0 Å². The summed E-state index contributed by atoms with van der Waals surface area (Å²) in [7, 11) is 0. The van der Waals surface area contributed by atoms with Crippen molar-refractivity contribution in [1.29, 1.82) is 0 Å². The van der Waals surface area contributed by atoms with Gasteiger partial charge in [-0.2, -0.15) is 0 Å². The van der Waals surface area contributed by atoms with Gasteiger partial charge in [0.1, 0.15) is 24.9 Å². The van der Waals surface area contributed by atoms with E-state index in [2.05, 4.69) is 0 Å². The molecular formula is C29H44O12. The van der Waals surface area contributed by atoms with Gasteiger partial charge in [-0.25, -0.2) is 4.79 Å². The van der Waals surface area contributed by atoms with Crippen LogP contribution in [0.4, 0.5) is 0 Å². The molecule has 2 heterocycles. The van der Waals surface area contributed by atoms with Crippen LogP contribution < -0.4 is 0 Å². The number of esters is 1. The molecule has 8 N–H and O–H groups in total. The summed E-state index contributed by atoms with van der Waals surface area (Å²) in [5, 5.41) is 89.6. The Balaban J connectivity index is 1.28. The summed E-state index contributed by atoms with van der Waals surface area (Å²) in [6.45, 7) is 3.00. The zero-order valence-corrected chi connectivity index (χ0v) is 23.5. The highest BCUT2D eigenvalue weighted by Gasteiger charge is 2.75. The van der Waals surface area contributed by atoms with Crippen molar-refractivity contribution in [3.05, 3.63) is 11.6 Å². The molecule has 5 fully saturated rings. The number of hydrogen-bond donors (Lipinski definition) is 8. The van der Waals surface area contributed by atoms with Gasteiger partial charge in [-0.3, -0.25) is 0 Å². The summed E-state index contributed by atoms with van der Waals surface area (Å²) in [6, 6.07) is 0. The summed E-state index contributed by atoms with van der Waals surface area (Å²) in [5.41, 5.74) is -4.46. The highest BCUT2D eigenvalue weighted by Crippen LogP contribution is 2.70. The van der Waals surface area contributed by atoms with E-state index in [4.69, 9.17) is 14.2 Å². The topological polar surface area (TPSA) is 207 Å². The predicted octanol–water partition coefficient (Wildman–Crippen LogP) is -1.51. The lowest BCUT2D eigenvalue weighted by molar-refractivity contribution is -0.342. The molecule has 41 heavy (non-hydrogen) atoms. The van der Waals surface area contributed by atoms with Gasteiger partial charge in [0.15, 0.2) is 6.29 Å². The van der Waals surface area contributed by atoms with Gasteiger partial charge in [-0.15, -0.1) is 0 Å². The third-order valence-electron chi connectivity index (χ3n) is 12.2. The second-order valence-corrected chi connectivity index (χ2v) is 13.8. The summed E-state index contributed by atoms with van der Waals surface area (Å²) in [4.78, 5) is 11.8. The Morgan fingerprint density at radius 3 is 2.41 bits per heavy atom. The maximum atomic E-state index is 12.4. The predicted molar refractivity (Wildman–Crippen MR) is 139 cm³/mol. The first-order chi connectivity index (χ1) is 19.2. The number of ether oxygens (including phenoxy) is 3. The van der Waals surface area contributed by atoms with Crippen LogP contribution in [0, 0.1) is 28.6 Å². The average Bonchev–Trinajstić information content (AvgIpc) is 3.45. The molecule has 1 saturated heterocycles. The molecule has 0 aromatic carbocycles. The lowest BCUT2D eigenvalue weighted by Gasteiger charge is -2.68. The van der Waals surface area contributed by atoms with Gasteiger partial charge < -0.3 is 55.1 Å². The monoisotopic (exact) mass is 584 g/mol. The minimum absolute atomic E-state index is 0.0369. The summed E-state index contributed by atoms with van der Waals surface area (Å²) < 4.78 is 16.7. The summed E-state index contributed by atoms with van der Waals surface area (Å²) in [6.07, 6.45) is -6.68. The maximum absolute atomic E-state index is 12.4. The van der Waals surface area contributed by atoms with E-state index in [0.29, 0.717) is 19.3 Å². The first-order valence-corrected chi connectivity index (χ1v) is 14.9. The Kier molecular flexibility index (Phi) is 7.22. The molecule has 0 radical (unpaired) electrons. The molecule has 6 aliphatic rings. The molecule has 4 saturated carbocycles. The first-order valence-electron chi connectivity index (χ1n) is 14.9. The van der Waals surface area contributed by atoms with Gasteiger partial charge in [0, 0.05) is 30.3 Å². The molecule has 15 atom stereocenters. The van der Waals surface area contributed by atoms with Crippen molar-refractivity contribution in [2.24, 2.45) is 28.6 Å². The molecule has 0 bridgehead atoms. The molecule has 0 aromatic heterocycles. The highest BCUT2D eigenvalue weighted by atomic mass is 16.7. The molecule has 1 unspecified atom stereocenters. The van der Waals surface area contributed by atoms with Gasteiger partial charge in [-0.05, 0) is 56.4 Å². The van der Waals surface area contributed by atoms with Crippen LogP contribution in [0.1, 0.15) is 58.8 Å². The zero-order valence-electron chi connectivity index (χ0n) is 23.5. The van der Waals surface area contributed by atoms with Crippen molar-refractivity contribution in [2.45, 2.75) is 119 Å². The molecule has 12 nitrogen and oxygen atoms in total. The molecular weight excluding hydrogens is 540 g/mol. The highest BCUT2D eigenvalue weighted by molar-refractivity contribution is 5.85. The van der Waals surface area contributed by atoms with E-state index >= 15 is 0 Å². The van der Waals surface area contributed by atoms with E-state index < -0.39 is 95.5 Å². The van der Waals surface area contributed by atoms with Crippen molar-refractivity contribution in [3.63, 3.8) is 0 Å². The van der Waals surface area contributed by atoms with Crippen LogP contribution >= 0.6 is 0 Å². The van der Waals surface area contributed by atoms with E-state index in [0.717, 1.165) is 5.57 Å². The van der Waals surface area contributed by atoms with Crippen molar-refractivity contribution in [3.8, 4) is 0 Å². The van der Waals surface area contributed by atoms with Gasteiger partial charge >= 0.3 is 5.97 Å². The summed E-state index contributed by atoms with van der Waals surface area (Å²) >= 11 is 0. The Hall–Kier alpha value is -1.19. The van der Waals surface area contributed by atoms with E-state index in [1.807, 2.05) is 6.92 Å². The Morgan fingerprint density at radius 2 is 1.76 bits per heavy atom. The molecule has 0 amide bonds. The molecule has 0 spiro atoms. The molecule has 6 rings (SSSR count). The molecule has 232 valence electrons. The second-order valence-electron chi connectivity index (χ2n) is 13.8. The van der Waals surface area contributed by atoms with Crippen molar-refractivity contribution in [2.75, 3.05) is 13.2 Å². The van der Waals surface area contributed by atoms with Crippen LogP contribution in [0.3, 0.4) is 0 Å². The molecule has 2 aliphatic heterocycles. The van der Waals surface area contributed by atoms with Crippen LogP contribution in [-0.2, 0) is 19.0 Å². The zero-order chi connectivity index (χ0) is 29.7. The number of aliphatic hydroxyl groups is 8. The van der Waals surface area contributed by atoms with E-state index in [1.165, 1.54) is 13.0 Å². The molecule has 0 aromatic rings. The maximum Gasteiger partial charge on any atom is 0.331 e. The Morgan fingerprint density at radius 1 is 1.02 bits per heavy atom. The van der Waals surface area contributed by atoms with Crippen molar-refractivity contribution >= 4 is 5.97 Å². The minimum atomic E-state index is -1.67. The fraction of sp³-hybridized carbons (Fsp3) is 0.897. The van der Waals surface area contributed by atoms with Gasteiger partial charge in [-0.1, -0.05) is 6.92 Å². The fourth-order valence-electron chi connectivity index (χ4n) is 10.1. The fourth-order valence-corrected chi connectivity index (χ4v) is 10.1. The third kappa shape index (κ3) is 3.99. The average molecular weight is 585 g/mol. The standard InChI is InChI=1S/C29H44O12/c1-13-22(34)23(35)24(36)25(40-13)41-15-8-19(32)28(12-30)21-17(3-5-27(28,37)9-15)29(38)6-4-16(14-7-20(33)39-11-14)26(29,2)10-18(21)31/h7,13,15-19,21-25,30-32,34-38H,3-6,8-12H2,1-2H3/t13-,15+,16-,17-,18-,19?,21-,22+,23-,24-,25+,26-,27+,28-,29+/m1/s1. The van der Waals surface area contributed by atoms with Crippen molar-refractivity contribution in [1.82, 2.24) is 0 Å². The first kappa shape index (κ1) is 29.9. The number of aliphatic hydroxyl groups excluding tert-OH is 6. The molecule has 12 heteroatoms. The van der Waals surface area contributed by atoms with Crippen LogP contribution in [0.15, 0.2) is 11.6 Å². The van der Waals surface area contributed by atoms with Gasteiger partial charge in [0.25, 0.3) is 0 Å². The third-order valence-corrected chi connectivity index (χ3v) is 12.2. The van der Waals surface area contributed by atoms with E-state index in [-0.39, 0.29) is 38.2 Å². The van der Waals surface area contributed by atoms with Crippen LogP contribution in [0.5, 0.6) is 0 Å². The smallest absolute Gasteiger partial charge is 0.331 e. The largest absolute Gasteiger partial charge is 0.458 e. The van der Waals surface area contributed by atoms with Crippen LogP contribution in [0.25, 0.3) is 0 Å². The normalized spacial score (nSPS) is 56.9. The van der Waals surface area contributed by atoms with E-state index in [1.54, 1.807) is 0 Å². The van der Waals surface area contributed by atoms with Crippen LogP contribution in [0.2, 0.25) is 0 Å². The number of carbonyl (C=O) groups is 1. The number of hydrogen-bond acceptors (Lipinski definition) is 12.